The number of benzene rings is 1. The van der Waals surface area contributed by atoms with Crippen molar-refractivity contribution in [2.75, 3.05) is 15.8 Å². The fourth-order valence-corrected chi connectivity index (χ4v) is 2.23. The second kappa shape index (κ2) is 6.53. The summed E-state index contributed by atoms with van der Waals surface area (Å²) in [6.07, 6.45) is 0.992. The van der Waals surface area contributed by atoms with Crippen LogP contribution in [0.3, 0.4) is 0 Å². The number of aryl methyl sites for hydroxylation is 1. The standard InChI is InChI=1S/C14H18N4O2S/c1-3-11-5-7-12(8-6-11)15-13-9-10-14(17-16-13)18-21(19,20)4-2/h5-10H,3-4H2,1-2H3,(H,15,16)(H,17,18). The maximum atomic E-state index is 11.4. The van der Waals surface area contributed by atoms with Crippen molar-refractivity contribution in [1.29, 1.82) is 0 Å². The fourth-order valence-electron chi connectivity index (χ4n) is 1.66. The number of aromatic nitrogens is 2. The molecule has 1 heterocycles. The van der Waals surface area contributed by atoms with Crippen LogP contribution < -0.4 is 10.0 Å². The summed E-state index contributed by atoms with van der Waals surface area (Å²) in [7, 11) is -3.32. The van der Waals surface area contributed by atoms with Crippen LogP contribution in [0.4, 0.5) is 17.3 Å². The van der Waals surface area contributed by atoms with E-state index < -0.39 is 10.0 Å². The number of nitrogens with one attached hydrogen (secondary N) is 2. The molecule has 0 atom stereocenters. The lowest BCUT2D eigenvalue weighted by Crippen LogP contribution is -2.15. The number of anilines is 3. The Morgan fingerprint density at radius 2 is 1.57 bits per heavy atom. The first kappa shape index (κ1) is 15.2. The minimum atomic E-state index is -3.32. The molecule has 2 rings (SSSR count). The molecule has 0 aliphatic heterocycles. The quantitative estimate of drug-likeness (QED) is 0.857. The van der Waals surface area contributed by atoms with Crippen LogP contribution in [0, 0.1) is 0 Å². The largest absolute Gasteiger partial charge is 0.339 e. The lowest BCUT2D eigenvalue weighted by Gasteiger charge is -2.07. The Kier molecular flexibility index (Phi) is 4.74. The van der Waals surface area contributed by atoms with Crippen molar-refractivity contribution in [2.24, 2.45) is 0 Å². The van der Waals surface area contributed by atoms with Gasteiger partial charge in [-0.15, -0.1) is 10.2 Å². The van der Waals surface area contributed by atoms with Gasteiger partial charge in [0.15, 0.2) is 11.6 Å². The van der Waals surface area contributed by atoms with E-state index in [2.05, 4.69) is 27.2 Å². The second-order valence-corrected chi connectivity index (χ2v) is 6.50. The van der Waals surface area contributed by atoms with Crippen LogP contribution in [0.1, 0.15) is 19.4 Å². The Bertz CT molecular complexity index is 682. The average molecular weight is 306 g/mol. The van der Waals surface area contributed by atoms with Crippen molar-refractivity contribution in [3.8, 4) is 0 Å². The van der Waals surface area contributed by atoms with Crippen LogP contribution in [0.25, 0.3) is 0 Å². The first-order valence-electron chi connectivity index (χ1n) is 6.72. The summed E-state index contributed by atoms with van der Waals surface area (Å²) in [5.41, 5.74) is 2.17. The Balaban J connectivity index is 2.05. The minimum absolute atomic E-state index is 0.00153. The van der Waals surface area contributed by atoms with Gasteiger partial charge in [-0.1, -0.05) is 19.1 Å². The summed E-state index contributed by atoms with van der Waals surface area (Å²) in [6, 6.07) is 11.3. The van der Waals surface area contributed by atoms with Crippen molar-refractivity contribution in [2.45, 2.75) is 20.3 Å². The minimum Gasteiger partial charge on any atom is -0.339 e. The Morgan fingerprint density at radius 1 is 0.952 bits per heavy atom. The van der Waals surface area contributed by atoms with Gasteiger partial charge >= 0.3 is 0 Å². The van der Waals surface area contributed by atoms with Crippen LogP contribution in [0.2, 0.25) is 0 Å². The second-order valence-electron chi connectivity index (χ2n) is 4.48. The molecule has 0 saturated carbocycles. The predicted octanol–water partition coefficient (Wildman–Crippen LogP) is 2.54. The van der Waals surface area contributed by atoms with Crippen molar-refractivity contribution in [3.05, 3.63) is 42.0 Å². The highest BCUT2D eigenvalue weighted by atomic mass is 32.2. The van der Waals surface area contributed by atoms with Crippen LogP contribution in [-0.2, 0) is 16.4 Å². The zero-order chi connectivity index (χ0) is 15.3. The van der Waals surface area contributed by atoms with Crippen molar-refractivity contribution in [1.82, 2.24) is 10.2 Å². The fraction of sp³-hybridized carbons (Fsp3) is 0.286. The molecule has 0 unspecified atom stereocenters. The zero-order valence-electron chi connectivity index (χ0n) is 12.0. The van der Waals surface area contributed by atoms with E-state index in [0.717, 1.165) is 12.1 Å². The third kappa shape index (κ3) is 4.42. The summed E-state index contributed by atoms with van der Waals surface area (Å²) < 4.78 is 25.2. The molecular formula is C14H18N4O2S. The first-order chi connectivity index (χ1) is 10.0. The molecule has 1 aromatic carbocycles. The van der Waals surface area contributed by atoms with Gasteiger partial charge in [0.25, 0.3) is 0 Å². The van der Waals surface area contributed by atoms with E-state index in [-0.39, 0.29) is 11.6 Å². The van der Waals surface area contributed by atoms with Crippen LogP contribution in [-0.4, -0.2) is 24.4 Å². The molecule has 2 N–H and O–H groups in total. The number of hydrogen-bond acceptors (Lipinski definition) is 5. The van der Waals surface area contributed by atoms with Gasteiger partial charge in [-0.2, -0.15) is 0 Å². The number of nitrogens with zero attached hydrogens (tertiary/aromatic N) is 2. The topological polar surface area (TPSA) is 84.0 Å². The monoisotopic (exact) mass is 306 g/mol. The highest BCUT2D eigenvalue weighted by Crippen LogP contribution is 2.16. The molecule has 0 spiro atoms. The molecule has 7 heteroatoms. The first-order valence-corrected chi connectivity index (χ1v) is 8.38. The summed E-state index contributed by atoms with van der Waals surface area (Å²) >= 11 is 0. The predicted molar refractivity (Wildman–Crippen MR) is 84.2 cm³/mol. The molecule has 112 valence electrons. The van der Waals surface area contributed by atoms with Gasteiger partial charge in [-0.3, -0.25) is 4.72 Å². The van der Waals surface area contributed by atoms with Crippen LogP contribution in [0.15, 0.2) is 36.4 Å². The Labute approximate surface area is 124 Å². The van der Waals surface area contributed by atoms with Gasteiger partial charge < -0.3 is 5.32 Å². The van der Waals surface area contributed by atoms with Gasteiger partial charge in [0.05, 0.1) is 5.75 Å². The van der Waals surface area contributed by atoms with E-state index in [1.54, 1.807) is 19.1 Å². The summed E-state index contributed by atoms with van der Waals surface area (Å²) in [5.74, 6) is 0.765. The van der Waals surface area contributed by atoms with E-state index in [4.69, 9.17) is 0 Å². The molecule has 0 radical (unpaired) electrons. The van der Waals surface area contributed by atoms with Crippen LogP contribution >= 0.6 is 0 Å². The number of rotatable bonds is 6. The zero-order valence-corrected chi connectivity index (χ0v) is 12.8. The molecule has 0 aliphatic carbocycles. The van der Waals surface area contributed by atoms with Gasteiger partial charge in [-0.25, -0.2) is 8.42 Å². The highest BCUT2D eigenvalue weighted by Gasteiger charge is 2.08. The number of sulfonamides is 1. The molecule has 2 aromatic rings. The normalized spacial score (nSPS) is 11.1. The maximum Gasteiger partial charge on any atom is 0.233 e. The molecule has 6 nitrogen and oxygen atoms in total. The molecule has 0 fully saturated rings. The summed E-state index contributed by atoms with van der Waals surface area (Å²) in [4.78, 5) is 0. The van der Waals surface area contributed by atoms with Gasteiger partial charge in [0.2, 0.25) is 10.0 Å². The van der Waals surface area contributed by atoms with Crippen molar-refractivity contribution in [3.63, 3.8) is 0 Å². The van der Waals surface area contributed by atoms with E-state index in [0.29, 0.717) is 5.82 Å². The molecule has 1 aromatic heterocycles. The maximum absolute atomic E-state index is 11.4. The van der Waals surface area contributed by atoms with E-state index in [1.165, 1.54) is 5.56 Å². The van der Waals surface area contributed by atoms with Gasteiger partial charge in [0.1, 0.15) is 0 Å². The highest BCUT2D eigenvalue weighted by molar-refractivity contribution is 7.92. The van der Waals surface area contributed by atoms with Crippen molar-refractivity contribution >= 4 is 27.3 Å². The lowest BCUT2D eigenvalue weighted by atomic mass is 10.1. The molecular weight excluding hydrogens is 288 g/mol. The number of hydrogen-bond donors (Lipinski definition) is 2. The molecule has 0 amide bonds. The van der Waals surface area contributed by atoms with E-state index in [1.807, 2.05) is 24.3 Å². The lowest BCUT2D eigenvalue weighted by molar-refractivity contribution is 0.602. The van der Waals surface area contributed by atoms with Gasteiger partial charge in [-0.05, 0) is 43.2 Å². The Hall–Kier alpha value is -2.15. The summed E-state index contributed by atoms with van der Waals surface area (Å²) in [5, 5.41) is 10.9. The van der Waals surface area contributed by atoms with Crippen molar-refractivity contribution < 1.29 is 8.42 Å². The van der Waals surface area contributed by atoms with Crippen LogP contribution in [0.5, 0.6) is 0 Å². The SMILES string of the molecule is CCc1ccc(Nc2ccc(NS(=O)(=O)CC)nn2)cc1. The third-order valence-electron chi connectivity index (χ3n) is 2.94. The Morgan fingerprint density at radius 3 is 2.10 bits per heavy atom. The smallest absolute Gasteiger partial charge is 0.233 e. The molecule has 0 aliphatic rings. The molecule has 0 bridgehead atoms. The average Bonchev–Trinajstić information content (AvgIpc) is 2.50. The molecule has 21 heavy (non-hydrogen) atoms. The van der Waals surface area contributed by atoms with E-state index >= 15 is 0 Å². The third-order valence-corrected chi connectivity index (χ3v) is 4.22. The summed E-state index contributed by atoms with van der Waals surface area (Å²) in [6.45, 7) is 3.66. The molecule has 0 saturated heterocycles. The van der Waals surface area contributed by atoms with Gasteiger partial charge in [0, 0.05) is 5.69 Å². The van der Waals surface area contributed by atoms with E-state index in [9.17, 15) is 8.42 Å².